The van der Waals surface area contributed by atoms with Crippen LogP contribution < -0.4 is 5.32 Å². The minimum atomic E-state index is -0.559. The molecule has 1 saturated carbocycles. The first-order valence-corrected chi connectivity index (χ1v) is 6.91. The van der Waals surface area contributed by atoms with Gasteiger partial charge in [-0.25, -0.2) is 4.39 Å². The van der Waals surface area contributed by atoms with Crippen LogP contribution in [0.2, 0.25) is 0 Å². The highest BCUT2D eigenvalue weighted by atomic mass is 19.1. The lowest BCUT2D eigenvalue weighted by Gasteiger charge is -2.12. The molecule has 20 heavy (non-hydrogen) atoms. The molecule has 0 atom stereocenters. The molecule has 0 radical (unpaired) electrons. The monoisotopic (exact) mass is 275 g/mol. The first-order chi connectivity index (χ1) is 9.70. The lowest BCUT2D eigenvalue weighted by molar-refractivity contribution is 0.0934. The fraction of sp³-hybridized carbons (Fsp3) is 0.438. The van der Waals surface area contributed by atoms with E-state index in [0.717, 1.165) is 25.7 Å². The van der Waals surface area contributed by atoms with E-state index in [1.807, 2.05) is 0 Å². The van der Waals surface area contributed by atoms with E-state index >= 15 is 0 Å². The van der Waals surface area contributed by atoms with Crippen molar-refractivity contribution >= 4 is 5.91 Å². The summed E-state index contributed by atoms with van der Waals surface area (Å²) in [5.41, 5.74) is 0.568. The fourth-order valence-corrected chi connectivity index (χ4v) is 2.33. The number of benzene rings is 1. The number of carbonyl (C=O) groups is 1. The Morgan fingerprint density at radius 2 is 2.15 bits per heavy atom. The van der Waals surface area contributed by atoms with Gasteiger partial charge in [0.15, 0.2) is 0 Å². The van der Waals surface area contributed by atoms with Crippen molar-refractivity contribution in [2.45, 2.75) is 38.1 Å². The summed E-state index contributed by atoms with van der Waals surface area (Å²) in [6.07, 6.45) is 4.53. The Labute approximate surface area is 118 Å². The summed E-state index contributed by atoms with van der Waals surface area (Å²) < 4.78 is 13.9. The smallest absolute Gasteiger partial charge is 0.254 e. The molecule has 1 aliphatic rings. The number of amides is 1. The highest BCUT2D eigenvalue weighted by Gasteiger charge is 2.19. The third-order valence-electron chi connectivity index (χ3n) is 3.37. The van der Waals surface area contributed by atoms with Crippen LogP contribution in [-0.4, -0.2) is 23.7 Å². The number of nitrogens with one attached hydrogen (secondary N) is 1. The van der Waals surface area contributed by atoms with Crippen LogP contribution >= 0.6 is 0 Å². The molecule has 2 N–H and O–H groups in total. The lowest BCUT2D eigenvalue weighted by atomic mass is 10.1. The molecule has 1 fully saturated rings. The molecule has 0 saturated heterocycles. The van der Waals surface area contributed by atoms with E-state index in [4.69, 9.17) is 5.11 Å². The Morgan fingerprint density at radius 3 is 2.80 bits per heavy atom. The van der Waals surface area contributed by atoms with Crippen molar-refractivity contribution < 1.29 is 14.3 Å². The Kier molecular flexibility index (Phi) is 5.14. The number of carbonyl (C=O) groups excluding carboxylic acids is 1. The molecular formula is C16H18FNO2. The molecule has 0 unspecified atom stereocenters. The third kappa shape index (κ3) is 3.82. The van der Waals surface area contributed by atoms with Crippen LogP contribution in [0.4, 0.5) is 4.39 Å². The third-order valence-corrected chi connectivity index (χ3v) is 3.37. The molecule has 0 aliphatic heterocycles. The molecule has 2 rings (SSSR count). The zero-order chi connectivity index (χ0) is 14.4. The second-order valence-corrected chi connectivity index (χ2v) is 4.92. The van der Waals surface area contributed by atoms with Gasteiger partial charge in [-0.1, -0.05) is 24.7 Å². The Hall–Kier alpha value is -1.86. The van der Waals surface area contributed by atoms with Gasteiger partial charge in [0.25, 0.3) is 5.91 Å². The SMILES string of the molecule is O=C(NC1CCCC1)c1ccc(C#CCCO)cc1F. The van der Waals surface area contributed by atoms with Gasteiger partial charge < -0.3 is 10.4 Å². The van der Waals surface area contributed by atoms with Gasteiger partial charge in [0.1, 0.15) is 5.82 Å². The van der Waals surface area contributed by atoms with Crippen molar-refractivity contribution in [3.8, 4) is 11.8 Å². The number of rotatable bonds is 3. The first-order valence-electron chi connectivity index (χ1n) is 6.91. The molecule has 0 bridgehead atoms. The average molecular weight is 275 g/mol. The van der Waals surface area contributed by atoms with Gasteiger partial charge in [-0.2, -0.15) is 0 Å². The van der Waals surface area contributed by atoms with E-state index in [1.54, 1.807) is 6.07 Å². The summed E-state index contributed by atoms with van der Waals surface area (Å²) in [4.78, 5) is 12.0. The Morgan fingerprint density at radius 1 is 1.40 bits per heavy atom. The molecular weight excluding hydrogens is 257 g/mol. The van der Waals surface area contributed by atoms with Crippen LogP contribution in [0.1, 0.15) is 48.0 Å². The summed E-state index contributed by atoms with van der Waals surface area (Å²) in [7, 11) is 0. The maximum atomic E-state index is 13.9. The van der Waals surface area contributed by atoms with Gasteiger partial charge in [0, 0.05) is 18.0 Å². The number of aliphatic hydroxyl groups is 1. The van der Waals surface area contributed by atoms with Gasteiger partial charge in [-0.3, -0.25) is 4.79 Å². The molecule has 0 aromatic heterocycles. The highest BCUT2D eigenvalue weighted by Crippen LogP contribution is 2.18. The van der Waals surface area contributed by atoms with Gasteiger partial charge in [-0.05, 0) is 31.0 Å². The van der Waals surface area contributed by atoms with Gasteiger partial charge in [-0.15, -0.1) is 0 Å². The van der Waals surface area contributed by atoms with Crippen LogP contribution in [-0.2, 0) is 0 Å². The topological polar surface area (TPSA) is 49.3 Å². The first kappa shape index (κ1) is 14.5. The number of hydrogen-bond acceptors (Lipinski definition) is 2. The van der Waals surface area contributed by atoms with Crippen LogP contribution in [0, 0.1) is 17.7 Å². The zero-order valence-corrected chi connectivity index (χ0v) is 11.3. The Bertz CT molecular complexity index is 539. The van der Waals surface area contributed by atoms with Gasteiger partial charge in [0.2, 0.25) is 0 Å². The molecule has 1 aliphatic carbocycles. The van der Waals surface area contributed by atoms with E-state index in [0.29, 0.717) is 12.0 Å². The summed E-state index contributed by atoms with van der Waals surface area (Å²) in [6.45, 7) is -0.0165. The maximum absolute atomic E-state index is 13.9. The number of aliphatic hydroxyl groups excluding tert-OH is 1. The van der Waals surface area contributed by atoms with Crippen LogP contribution in [0.3, 0.4) is 0 Å². The minimum absolute atomic E-state index is 0.0165. The molecule has 1 aromatic rings. The van der Waals surface area contributed by atoms with E-state index in [-0.39, 0.29) is 24.1 Å². The van der Waals surface area contributed by atoms with E-state index in [2.05, 4.69) is 17.2 Å². The zero-order valence-electron chi connectivity index (χ0n) is 11.3. The van der Waals surface area contributed by atoms with Crippen molar-refractivity contribution in [1.29, 1.82) is 0 Å². The van der Waals surface area contributed by atoms with E-state index in [9.17, 15) is 9.18 Å². The van der Waals surface area contributed by atoms with Crippen molar-refractivity contribution in [2.75, 3.05) is 6.61 Å². The predicted molar refractivity (Wildman–Crippen MR) is 74.7 cm³/mol. The molecule has 0 heterocycles. The van der Waals surface area contributed by atoms with Crippen LogP contribution in [0.15, 0.2) is 18.2 Å². The lowest BCUT2D eigenvalue weighted by Crippen LogP contribution is -2.33. The average Bonchev–Trinajstić information content (AvgIpc) is 2.92. The molecule has 3 nitrogen and oxygen atoms in total. The molecule has 1 amide bonds. The van der Waals surface area contributed by atoms with Crippen molar-refractivity contribution in [1.82, 2.24) is 5.32 Å². The van der Waals surface area contributed by atoms with Gasteiger partial charge in [0.05, 0.1) is 12.2 Å². The van der Waals surface area contributed by atoms with Crippen molar-refractivity contribution in [2.24, 2.45) is 0 Å². The van der Waals surface area contributed by atoms with E-state index < -0.39 is 5.82 Å². The maximum Gasteiger partial charge on any atom is 0.254 e. The predicted octanol–water partition coefficient (Wildman–Crippen LogP) is 2.23. The molecule has 106 valence electrons. The van der Waals surface area contributed by atoms with E-state index in [1.165, 1.54) is 12.1 Å². The molecule has 4 heteroatoms. The number of hydrogen-bond donors (Lipinski definition) is 2. The second-order valence-electron chi connectivity index (χ2n) is 4.92. The quantitative estimate of drug-likeness (QED) is 0.831. The molecule has 0 spiro atoms. The summed E-state index contributed by atoms with van der Waals surface area (Å²) in [5.74, 6) is 4.55. The second kappa shape index (κ2) is 7.06. The number of halogens is 1. The summed E-state index contributed by atoms with van der Waals surface area (Å²) in [6, 6.07) is 4.51. The largest absolute Gasteiger partial charge is 0.395 e. The van der Waals surface area contributed by atoms with Crippen LogP contribution in [0.25, 0.3) is 0 Å². The van der Waals surface area contributed by atoms with Crippen LogP contribution in [0.5, 0.6) is 0 Å². The molecule has 1 aromatic carbocycles. The van der Waals surface area contributed by atoms with Gasteiger partial charge >= 0.3 is 0 Å². The Balaban J connectivity index is 2.05. The standard InChI is InChI=1S/C16H18FNO2/c17-15-11-12(5-3-4-10-19)8-9-14(15)16(20)18-13-6-1-2-7-13/h8-9,11,13,19H,1-2,4,6-7,10H2,(H,18,20). The van der Waals surface area contributed by atoms with Crippen molar-refractivity contribution in [3.63, 3.8) is 0 Å². The normalized spacial score (nSPS) is 14.7. The minimum Gasteiger partial charge on any atom is -0.395 e. The fourth-order valence-electron chi connectivity index (χ4n) is 2.33. The highest BCUT2D eigenvalue weighted by molar-refractivity contribution is 5.94. The summed E-state index contributed by atoms with van der Waals surface area (Å²) in [5, 5.41) is 11.5. The summed E-state index contributed by atoms with van der Waals surface area (Å²) >= 11 is 0. The van der Waals surface area contributed by atoms with Crippen molar-refractivity contribution in [3.05, 3.63) is 35.1 Å².